The maximum absolute atomic E-state index is 11.5. The molecule has 0 aliphatic carbocycles. The van der Waals surface area contributed by atoms with Gasteiger partial charge in [-0.05, 0) is 19.1 Å². The van der Waals surface area contributed by atoms with Crippen LogP contribution in [0.5, 0.6) is 0 Å². The molecule has 0 fully saturated rings. The number of pyridine rings is 1. The fraction of sp³-hybridized carbons (Fsp3) is 0.188. The molecule has 0 unspecified atom stereocenters. The molecule has 0 saturated carbocycles. The third-order valence-electron chi connectivity index (χ3n) is 3.31. The number of carbonyl (C=O) groups is 1. The number of hydrogen-bond acceptors (Lipinski definition) is 6. The number of nitrogens with zero attached hydrogens (tertiary/aromatic N) is 5. The van der Waals surface area contributed by atoms with Crippen LogP contribution in [0, 0.1) is 0 Å². The summed E-state index contributed by atoms with van der Waals surface area (Å²) in [4.78, 5) is 24.4. The second kappa shape index (κ2) is 7.71. The van der Waals surface area contributed by atoms with E-state index in [0.717, 1.165) is 0 Å². The van der Waals surface area contributed by atoms with Crippen LogP contribution in [-0.4, -0.2) is 43.7 Å². The zero-order chi connectivity index (χ0) is 17.6. The highest BCUT2D eigenvalue weighted by Crippen LogP contribution is 2.27. The van der Waals surface area contributed by atoms with E-state index in [-0.39, 0.29) is 12.5 Å². The van der Waals surface area contributed by atoms with Gasteiger partial charge in [0.2, 0.25) is 5.91 Å². The van der Waals surface area contributed by atoms with E-state index in [1.807, 2.05) is 13.0 Å². The van der Waals surface area contributed by atoms with Crippen LogP contribution in [0.15, 0.2) is 43.1 Å². The molecule has 0 radical (unpaired) electrons. The normalized spacial score (nSPS) is 10.5. The Hall–Kier alpha value is -3.00. The molecule has 0 aliphatic rings. The van der Waals surface area contributed by atoms with Crippen LogP contribution in [-0.2, 0) is 4.79 Å². The average molecular weight is 358 g/mol. The van der Waals surface area contributed by atoms with E-state index in [9.17, 15) is 4.79 Å². The summed E-state index contributed by atoms with van der Waals surface area (Å²) in [5, 5.41) is 10.2. The number of likely N-dealkylation sites (N-methyl/N-ethyl adjacent to an activating group) is 1. The fourth-order valence-electron chi connectivity index (χ4n) is 2.15. The molecular weight excluding hydrogens is 342 g/mol. The third kappa shape index (κ3) is 4.10. The van der Waals surface area contributed by atoms with Gasteiger partial charge in [-0.25, -0.2) is 14.6 Å². The standard InChI is InChI=1S/C16H16ClN7O/c1-2-18-16(25)10-21-14-6-11(12(17)7-20-14)13-8-22-15(9-19-13)24-5-3-4-23-24/h3-9H,2,10H2,1H3,(H,18,25)(H,20,21). The lowest BCUT2D eigenvalue weighted by Crippen LogP contribution is -2.29. The first-order valence-electron chi connectivity index (χ1n) is 7.66. The highest BCUT2D eigenvalue weighted by atomic mass is 35.5. The lowest BCUT2D eigenvalue weighted by molar-refractivity contribution is -0.119. The van der Waals surface area contributed by atoms with E-state index in [2.05, 4.69) is 30.7 Å². The minimum Gasteiger partial charge on any atom is -0.361 e. The van der Waals surface area contributed by atoms with Crippen molar-refractivity contribution in [2.45, 2.75) is 6.92 Å². The smallest absolute Gasteiger partial charge is 0.239 e. The van der Waals surface area contributed by atoms with Crippen molar-refractivity contribution in [1.29, 1.82) is 0 Å². The Labute approximate surface area is 149 Å². The highest BCUT2D eigenvalue weighted by molar-refractivity contribution is 6.33. The van der Waals surface area contributed by atoms with Gasteiger partial charge >= 0.3 is 0 Å². The Kier molecular flexibility index (Phi) is 5.20. The number of halogens is 1. The first-order chi connectivity index (χ1) is 12.2. The first-order valence-corrected chi connectivity index (χ1v) is 8.03. The SMILES string of the molecule is CCNC(=O)CNc1cc(-c2cnc(-n3cccn3)cn2)c(Cl)cn1. The quantitative estimate of drug-likeness (QED) is 0.699. The lowest BCUT2D eigenvalue weighted by atomic mass is 10.2. The van der Waals surface area contributed by atoms with Gasteiger partial charge in [-0.1, -0.05) is 11.6 Å². The Balaban J connectivity index is 1.79. The molecule has 0 aromatic carbocycles. The van der Waals surface area contributed by atoms with Gasteiger partial charge in [0.25, 0.3) is 0 Å². The summed E-state index contributed by atoms with van der Waals surface area (Å²) >= 11 is 6.23. The van der Waals surface area contributed by atoms with Crippen molar-refractivity contribution in [2.75, 3.05) is 18.4 Å². The molecule has 0 atom stereocenters. The van der Waals surface area contributed by atoms with Crippen molar-refractivity contribution in [2.24, 2.45) is 0 Å². The van der Waals surface area contributed by atoms with E-state index in [4.69, 9.17) is 11.6 Å². The molecule has 3 aromatic rings. The molecule has 1 amide bonds. The number of hydrogen-bond donors (Lipinski definition) is 2. The maximum Gasteiger partial charge on any atom is 0.239 e. The molecule has 0 spiro atoms. The Bertz CT molecular complexity index is 849. The molecule has 0 bridgehead atoms. The Morgan fingerprint density at radius 3 is 2.80 bits per heavy atom. The lowest BCUT2D eigenvalue weighted by Gasteiger charge is -2.09. The van der Waals surface area contributed by atoms with Gasteiger partial charge in [-0.15, -0.1) is 0 Å². The van der Waals surface area contributed by atoms with Gasteiger partial charge in [0.05, 0.1) is 29.7 Å². The van der Waals surface area contributed by atoms with E-state index >= 15 is 0 Å². The first kappa shape index (κ1) is 16.8. The number of anilines is 1. The van der Waals surface area contributed by atoms with Crippen LogP contribution in [0.2, 0.25) is 5.02 Å². The fourth-order valence-corrected chi connectivity index (χ4v) is 2.35. The highest BCUT2D eigenvalue weighted by Gasteiger charge is 2.10. The maximum atomic E-state index is 11.5. The van der Waals surface area contributed by atoms with Crippen LogP contribution in [0.25, 0.3) is 17.1 Å². The summed E-state index contributed by atoms with van der Waals surface area (Å²) in [5.41, 5.74) is 1.28. The molecule has 3 heterocycles. The number of aromatic nitrogens is 5. The van der Waals surface area contributed by atoms with E-state index < -0.39 is 0 Å². The topological polar surface area (TPSA) is 97.6 Å². The predicted octanol–water partition coefficient (Wildman–Crippen LogP) is 1.93. The van der Waals surface area contributed by atoms with Gasteiger partial charge in [0.15, 0.2) is 5.82 Å². The van der Waals surface area contributed by atoms with Crippen molar-refractivity contribution in [3.05, 3.63) is 48.1 Å². The summed E-state index contributed by atoms with van der Waals surface area (Å²) in [5.74, 6) is 1.03. The second-order valence-corrected chi connectivity index (χ2v) is 5.47. The second-order valence-electron chi connectivity index (χ2n) is 5.07. The molecule has 8 nitrogen and oxygen atoms in total. The van der Waals surface area contributed by atoms with Gasteiger partial charge < -0.3 is 10.6 Å². The number of carbonyl (C=O) groups excluding carboxylic acids is 1. The van der Waals surface area contributed by atoms with E-state index in [1.54, 1.807) is 35.5 Å². The van der Waals surface area contributed by atoms with Gasteiger partial charge in [0, 0.05) is 30.7 Å². The van der Waals surface area contributed by atoms with Gasteiger partial charge in [-0.3, -0.25) is 9.78 Å². The summed E-state index contributed by atoms with van der Waals surface area (Å²) < 4.78 is 1.62. The number of amides is 1. The average Bonchev–Trinajstić information content (AvgIpc) is 3.16. The van der Waals surface area contributed by atoms with Crippen LogP contribution in [0.1, 0.15) is 6.92 Å². The summed E-state index contributed by atoms with van der Waals surface area (Å²) in [6, 6.07) is 3.54. The van der Waals surface area contributed by atoms with Gasteiger partial charge in [-0.2, -0.15) is 5.10 Å². The largest absolute Gasteiger partial charge is 0.361 e. The van der Waals surface area contributed by atoms with Crippen LogP contribution in [0.3, 0.4) is 0 Å². The monoisotopic (exact) mass is 357 g/mol. The van der Waals surface area contributed by atoms with Crippen molar-refractivity contribution < 1.29 is 4.79 Å². The predicted molar refractivity (Wildman–Crippen MR) is 94.6 cm³/mol. The van der Waals surface area contributed by atoms with Crippen LogP contribution >= 0.6 is 11.6 Å². The molecule has 128 valence electrons. The molecule has 0 saturated heterocycles. The van der Waals surface area contributed by atoms with Gasteiger partial charge in [0.1, 0.15) is 5.82 Å². The minimum absolute atomic E-state index is 0.107. The molecule has 25 heavy (non-hydrogen) atoms. The number of nitrogens with one attached hydrogen (secondary N) is 2. The summed E-state index contributed by atoms with van der Waals surface area (Å²) in [7, 11) is 0. The van der Waals surface area contributed by atoms with E-state index in [0.29, 0.717) is 34.5 Å². The Morgan fingerprint density at radius 1 is 1.24 bits per heavy atom. The summed E-state index contributed by atoms with van der Waals surface area (Å²) in [6.45, 7) is 2.58. The van der Waals surface area contributed by atoms with Crippen molar-refractivity contribution in [3.63, 3.8) is 0 Å². The zero-order valence-electron chi connectivity index (χ0n) is 13.5. The van der Waals surface area contributed by atoms with Crippen LogP contribution in [0.4, 0.5) is 5.82 Å². The number of rotatable bonds is 6. The third-order valence-corrected chi connectivity index (χ3v) is 3.61. The van der Waals surface area contributed by atoms with E-state index in [1.165, 1.54) is 6.20 Å². The minimum atomic E-state index is -0.107. The summed E-state index contributed by atoms with van der Waals surface area (Å²) in [6.07, 6.45) is 8.20. The van der Waals surface area contributed by atoms with Crippen molar-refractivity contribution in [1.82, 2.24) is 30.0 Å². The molecule has 3 rings (SSSR count). The molecular formula is C16H16ClN7O. The molecule has 3 aromatic heterocycles. The zero-order valence-corrected chi connectivity index (χ0v) is 14.2. The van der Waals surface area contributed by atoms with Crippen molar-refractivity contribution >= 4 is 23.3 Å². The molecule has 0 aliphatic heterocycles. The Morgan fingerprint density at radius 2 is 2.12 bits per heavy atom. The molecule has 2 N–H and O–H groups in total. The van der Waals surface area contributed by atoms with Crippen LogP contribution < -0.4 is 10.6 Å². The van der Waals surface area contributed by atoms with Crippen molar-refractivity contribution in [3.8, 4) is 17.1 Å². The molecule has 9 heteroatoms.